The maximum absolute atomic E-state index is 11.2. The Morgan fingerprint density at radius 3 is 2.64 bits per heavy atom. The molecule has 0 aromatic rings. The van der Waals surface area contributed by atoms with Crippen molar-refractivity contribution in [2.24, 2.45) is 5.92 Å². The lowest BCUT2D eigenvalue weighted by Crippen LogP contribution is -2.37. The Hall–Kier alpha value is -0.570. The van der Waals surface area contributed by atoms with E-state index in [1.54, 1.807) is 0 Å². The first-order valence-corrected chi connectivity index (χ1v) is 5.76. The molecule has 0 radical (unpaired) electrons. The fourth-order valence-corrected chi connectivity index (χ4v) is 2.38. The first kappa shape index (κ1) is 9.97. The number of rotatable bonds is 3. The highest BCUT2D eigenvalue weighted by Gasteiger charge is 2.26. The number of nitrogens with one attached hydrogen (secondary N) is 1. The fourth-order valence-electron chi connectivity index (χ4n) is 2.38. The molecule has 0 aromatic carbocycles. The fraction of sp³-hybridized carbons (Fsp3) is 0.909. The van der Waals surface area contributed by atoms with Crippen LogP contribution in [0.1, 0.15) is 38.5 Å². The number of cyclic esters (lactones) is 1. The van der Waals surface area contributed by atoms with Crippen LogP contribution >= 0.6 is 0 Å². The highest BCUT2D eigenvalue weighted by Crippen LogP contribution is 2.23. The third kappa shape index (κ3) is 2.47. The summed E-state index contributed by atoms with van der Waals surface area (Å²) in [5, 5.41) is 3.33. The molecule has 2 aliphatic rings. The van der Waals surface area contributed by atoms with Gasteiger partial charge < -0.3 is 10.1 Å². The summed E-state index contributed by atoms with van der Waals surface area (Å²) in [6.07, 6.45) is 7.62. The van der Waals surface area contributed by atoms with Gasteiger partial charge in [-0.2, -0.15) is 0 Å². The summed E-state index contributed by atoms with van der Waals surface area (Å²) in [6.45, 7) is 1.60. The van der Waals surface area contributed by atoms with E-state index in [0.717, 1.165) is 18.9 Å². The molecule has 2 fully saturated rings. The van der Waals surface area contributed by atoms with E-state index in [-0.39, 0.29) is 12.0 Å². The number of carbonyl (C=O) groups is 1. The van der Waals surface area contributed by atoms with E-state index in [4.69, 9.17) is 4.74 Å². The summed E-state index contributed by atoms with van der Waals surface area (Å²) in [4.78, 5) is 11.2. The third-order valence-electron chi connectivity index (χ3n) is 3.31. The number of ether oxygens (including phenoxy) is 1. The largest absolute Gasteiger partial charge is 0.464 e. The topological polar surface area (TPSA) is 38.3 Å². The molecule has 1 saturated heterocycles. The van der Waals surface area contributed by atoms with Gasteiger partial charge in [-0.25, -0.2) is 0 Å². The first-order chi connectivity index (χ1) is 6.86. The zero-order valence-corrected chi connectivity index (χ0v) is 8.63. The molecular weight excluding hydrogens is 178 g/mol. The minimum absolute atomic E-state index is 0.0167. The molecule has 1 aliphatic carbocycles. The minimum Gasteiger partial charge on any atom is -0.464 e. The zero-order valence-electron chi connectivity index (χ0n) is 8.63. The molecule has 2 rings (SSSR count). The molecule has 80 valence electrons. The minimum atomic E-state index is -0.0548. The molecule has 0 bridgehead atoms. The van der Waals surface area contributed by atoms with E-state index in [9.17, 15) is 4.79 Å². The SMILES string of the molecule is O=C1OCCC1NCC1CCCCC1. The van der Waals surface area contributed by atoms with Gasteiger partial charge in [0.25, 0.3) is 0 Å². The maximum Gasteiger partial charge on any atom is 0.323 e. The highest BCUT2D eigenvalue weighted by molar-refractivity contribution is 5.77. The lowest BCUT2D eigenvalue weighted by atomic mass is 9.89. The van der Waals surface area contributed by atoms with Gasteiger partial charge in [0, 0.05) is 6.42 Å². The summed E-state index contributed by atoms with van der Waals surface area (Å²) in [7, 11) is 0. The van der Waals surface area contributed by atoms with Gasteiger partial charge in [0.05, 0.1) is 6.61 Å². The first-order valence-electron chi connectivity index (χ1n) is 5.76. The van der Waals surface area contributed by atoms with E-state index in [1.165, 1.54) is 32.1 Å². The van der Waals surface area contributed by atoms with E-state index in [0.29, 0.717) is 6.61 Å². The Morgan fingerprint density at radius 1 is 1.21 bits per heavy atom. The van der Waals surface area contributed by atoms with E-state index in [1.807, 2.05) is 0 Å². The molecule has 1 atom stereocenters. The lowest BCUT2D eigenvalue weighted by molar-refractivity contribution is -0.139. The molecule has 0 amide bonds. The molecule has 1 N–H and O–H groups in total. The van der Waals surface area contributed by atoms with Crippen molar-refractivity contribution >= 4 is 5.97 Å². The van der Waals surface area contributed by atoms with Crippen LogP contribution in [-0.4, -0.2) is 25.2 Å². The van der Waals surface area contributed by atoms with Gasteiger partial charge in [-0.1, -0.05) is 19.3 Å². The van der Waals surface area contributed by atoms with Crippen molar-refractivity contribution in [3.8, 4) is 0 Å². The number of hydrogen-bond donors (Lipinski definition) is 1. The summed E-state index contributed by atoms with van der Waals surface area (Å²) < 4.78 is 4.90. The summed E-state index contributed by atoms with van der Waals surface area (Å²) in [6, 6.07) is -0.0167. The predicted molar refractivity (Wildman–Crippen MR) is 53.9 cm³/mol. The lowest BCUT2D eigenvalue weighted by Gasteiger charge is -2.22. The summed E-state index contributed by atoms with van der Waals surface area (Å²) in [5.41, 5.74) is 0. The average molecular weight is 197 g/mol. The van der Waals surface area contributed by atoms with E-state index in [2.05, 4.69) is 5.32 Å². The van der Waals surface area contributed by atoms with Gasteiger partial charge in [-0.15, -0.1) is 0 Å². The van der Waals surface area contributed by atoms with Crippen molar-refractivity contribution < 1.29 is 9.53 Å². The van der Waals surface area contributed by atoms with Crippen LogP contribution in [0.25, 0.3) is 0 Å². The Morgan fingerprint density at radius 2 is 2.00 bits per heavy atom. The summed E-state index contributed by atoms with van der Waals surface area (Å²) >= 11 is 0. The van der Waals surface area contributed by atoms with Gasteiger partial charge in [-0.05, 0) is 25.3 Å². The van der Waals surface area contributed by atoms with Gasteiger partial charge in [0.2, 0.25) is 0 Å². The van der Waals surface area contributed by atoms with Gasteiger partial charge >= 0.3 is 5.97 Å². The molecule has 3 nitrogen and oxygen atoms in total. The molecule has 0 aromatic heterocycles. The Bertz CT molecular complexity index is 199. The van der Waals surface area contributed by atoms with Crippen LogP contribution in [-0.2, 0) is 9.53 Å². The zero-order chi connectivity index (χ0) is 9.80. The van der Waals surface area contributed by atoms with Crippen molar-refractivity contribution in [2.75, 3.05) is 13.2 Å². The van der Waals surface area contributed by atoms with Crippen LogP contribution in [0.2, 0.25) is 0 Å². The van der Waals surface area contributed by atoms with Crippen molar-refractivity contribution in [3.63, 3.8) is 0 Å². The standard InChI is InChI=1S/C11H19NO2/c13-11-10(6-7-14-11)12-8-9-4-2-1-3-5-9/h9-10,12H,1-8H2. The van der Waals surface area contributed by atoms with Crippen molar-refractivity contribution in [1.82, 2.24) is 5.32 Å². The smallest absolute Gasteiger partial charge is 0.323 e. The second kappa shape index (κ2) is 4.78. The van der Waals surface area contributed by atoms with Crippen LogP contribution in [0.15, 0.2) is 0 Å². The van der Waals surface area contributed by atoms with E-state index < -0.39 is 0 Å². The van der Waals surface area contributed by atoms with Crippen LogP contribution in [0.5, 0.6) is 0 Å². The monoisotopic (exact) mass is 197 g/mol. The molecule has 1 heterocycles. The van der Waals surface area contributed by atoms with Crippen molar-refractivity contribution in [1.29, 1.82) is 0 Å². The Kier molecular flexibility index (Phi) is 3.40. The van der Waals surface area contributed by atoms with Gasteiger partial charge in [-0.3, -0.25) is 4.79 Å². The molecular formula is C11H19NO2. The van der Waals surface area contributed by atoms with Crippen molar-refractivity contribution in [3.05, 3.63) is 0 Å². The number of carbonyl (C=O) groups excluding carboxylic acids is 1. The maximum atomic E-state index is 11.2. The van der Waals surface area contributed by atoms with Gasteiger partial charge in [0.15, 0.2) is 0 Å². The molecule has 14 heavy (non-hydrogen) atoms. The number of esters is 1. The second-order valence-corrected chi connectivity index (χ2v) is 4.42. The van der Waals surface area contributed by atoms with Crippen LogP contribution < -0.4 is 5.32 Å². The molecule has 1 aliphatic heterocycles. The molecule has 1 saturated carbocycles. The average Bonchev–Trinajstić information content (AvgIpc) is 2.63. The molecule has 0 spiro atoms. The van der Waals surface area contributed by atoms with Crippen molar-refractivity contribution in [2.45, 2.75) is 44.6 Å². The molecule has 3 heteroatoms. The Labute approximate surface area is 85.2 Å². The second-order valence-electron chi connectivity index (χ2n) is 4.42. The van der Waals surface area contributed by atoms with Crippen LogP contribution in [0.4, 0.5) is 0 Å². The third-order valence-corrected chi connectivity index (χ3v) is 3.31. The Balaban J connectivity index is 1.68. The predicted octanol–water partition coefficient (Wildman–Crippen LogP) is 1.47. The normalized spacial score (nSPS) is 29.1. The quantitative estimate of drug-likeness (QED) is 0.696. The van der Waals surface area contributed by atoms with Crippen LogP contribution in [0.3, 0.4) is 0 Å². The summed E-state index contributed by atoms with van der Waals surface area (Å²) in [5.74, 6) is 0.734. The van der Waals surface area contributed by atoms with Crippen LogP contribution in [0, 0.1) is 5.92 Å². The van der Waals surface area contributed by atoms with E-state index >= 15 is 0 Å². The molecule has 1 unspecified atom stereocenters. The highest BCUT2D eigenvalue weighted by atomic mass is 16.5. The van der Waals surface area contributed by atoms with Gasteiger partial charge in [0.1, 0.15) is 6.04 Å². The number of hydrogen-bond acceptors (Lipinski definition) is 3.